The van der Waals surface area contributed by atoms with E-state index < -0.39 is 0 Å². The standard InChI is InChI=1S/C17H14N2S/c20-15-10-13-12-8-4-5-9-14(12)18-17(13)16(19-15)11-6-2-1-3-7-11/h1-9,16,18H,10H2,(H,19,20). The van der Waals surface area contributed by atoms with E-state index in [4.69, 9.17) is 12.2 Å². The molecule has 2 heterocycles. The number of benzene rings is 2. The maximum atomic E-state index is 5.46. The van der Waals surface area contributed by atoms with Gasteiger partial charge in [-0.25, -0.2) is 0 Å². The molecule has 0 aliphatic carbocycles. The highest BCUT2D eigenvalue weighted by Crippen LogP contribution is 2.33. The molecule has 1 atom stereocenters. The quantitative estimate of drug-likeness (QED) is 0.664. The molecular formula is C17H14N2S. The van der Waals surface area contributed by atoms with Crippen molar-refractivity contribution in [3.8, 4) is 0 Å². The molecule has 2 nitrogen and oxygen atoms in total. The van der Waals surface area contributed by atoms with Crippen LogP contribution in [0.4, 0.5) is 0 Å². The first kappa shape index (κ1) is 11.7. The number of rotatable bonds is 1. The second kappa shape index (κ2) is 4.46. The first-order valence-electron chi connectivity index (χ1n) is 6.77. The maximum absolute atomic E-state index is 5.46. The van der Waals surface area contributed by atoms with Crippen LogP contribution >= 0.6 is 12.2 Å². The van der Waals surface area contributed by atoms with Gasteiger partial charge >= 0.3 is 0 Å². The first-order valence-corrected chi connectivity index (χ1v) is 7.17. The summed E-state index contributed by atoms with van der Waals surface area (Å²) in [6.07, 6.45) is 0.817. The van der Waals surface area contributed by atoms with Crippen molar-refractivity contribution in [2.45, 2.75) is 12.5 Å². The molecule has 2 N–H and O–H groups in total. The van der Waals surface area contributed by atoms with Crippen molar-refractivity contribution in [3.63, 3.8) is 0 Å². The summed E-state index contributed by atoms with van der Waals surface area (Å²) in [7, 11) is 0. The minimum Gasteiger partial charge on any atom is -0.367 e. The highest BCUT2D eigenvalue weighted by atomic mass is 32.1. The van der Waals surface area contributed by atoms with Crippen LogP contribution in [0, 0.1) is 0 Å². The zero-order chi connectivity index (χ0) is 13.5. The molecule has 2 aromatic carbocycles. The van der Waals surface area contributed by atoms with Gasteiger partial charge < -0.3 is 10.3 Å². The Hall–Kier alpha value is -2.13. The number of nitrogens with one attached hydrogen (secondary N) is 2. The predicted octanol–water partition coefficient (Wildman–Crippen LogP) is 3.73. The highest BCUT2D eigenvalue weighted by molar-refractivity contribution is 7.80. The summed E-state index contributed by atoms with van der Waals surface area (Å²) < 4.78 is 0. The second-order valence-corrected chi connectivity index (χ2v) is 5.64. The van der Waals surface area contributed by atoms with E-state index in [-0.39, 0.29) is 6.04 Å². The van der Waals surface area contributed by atoms with Gasteiger partial charge in [-0.2, -0.15) is 0 Å². The number of aromatic nitrogens is 1. The van der Waals surface area contributed by atoms with E-state index in [0.29, 0.717) is 0 Å². The predicted molar refractivity (Wildman–Crippen MR) is 86.0 cm³/mol. The highest BCUT2D eigenvalue weighted by Gasteiger charge is 2.27. The normalized spacial score (nSPS) is 17.8. The van der Waals surface area contributed by atoms with Crippen LogP contribution in [-0.4, -0.2) is 9.97 Å². The van der Waals surface area contributed by atoms with Crippen molar-refractivity contribution in [1.29, 1.82) is 0 Å². The Balaban J connectivity index is 1.95. The van der Waals surface area contributed by atoms with Crippen LogP contribution in [-0.2, 0) is 6.42 Å². The van der Waals surface area contributed by atoms with Gasteiger partial charge in [-0.1, -0.05) is 60.7 Å². The summed E-state index contributed by atoms with van der Waals surface area (Å²) in [5.41, 5.74) is 5.00. The number of para-hydroxylation sites is 1. The van der Waals surface area contributed by atoms with Crippen LogP contribution in [0.2, 0.25) is 0 Å². The topological polar surface area (TPSA) is 27.8 Å². The molecule has 0 bridgehead atoms. The van der Waals surface area contributed by atoms with E-state index in [0.717, 1.165) is 11.4 Å². The third-order valence-electron chi connectivity index (χ3n) is 3.91. The van der Waals surface area contributed by atoms with E-state index in [9.17, 15) is 0 Å². The van der Waals surface area contributed by atoms with Crippen molar-refractivity contribution >= 4 is 28.1 Å². The molecule has 0 radical (unpaired) electrons. The summed E-state index contributed by atoms with van der Waals surface area (Å²) in [6.45, 7) is 0. The Morgan fingerprint density at radius 1 is 0.950 bits per heavy atom. The van der Waals surface area contributed by atoms with Gasteiger partial charge in [0.2, 0.25) is 0 Å². The average Bonchev–Trinajstić information content (AvgIpc) is 2.86. The smallest absolute Gasteiger partial charge is 0.0924 e. The first-order chi connectivity index (χ1) is 9.83. The molecule has 20 heavy (non-hydrogen) atoms. The SMILES string of the molecule is S=C1Cc2c([nH]c3ccccc23)C(c2ccccc2)N1. The molecule has 0 spiro atoms. The summed E-state index contributed by atoms with van der Waals surface area (Å²) in [6, 6.07) is 19.0. The van der Waals surface area contributed by atoms with Crippen molar-refractivity contribution in [2.24, 2.45) is 0 Å². The van der Waals surface area contributed by atoms with Crippen LogP contribution in [0.1, 0.15) is 22.9 Å². The number of fused-ring (bicyclic) bond motifs is 3. The molecule has 0 fully saturated rings. The molecule has 0 amide bonds. The van der Waals surface area contributed by atoms with Crippen LogP contribution in [0.5, 0.6) is 0 Å². The largest absolute Gasteiger partial charge is 0.367 e. The zero-order valence-electron chi connectivity index (χ0n) is 10.9. The molecular weight excluding hydrogens is 264 g/mol. The fourth-order valence-corrected chi connectivity index (χ4v) is 3.26. The van der Waals surface area contributed by atoms with Gasteiger partial charge in [-0.15, -0.1) is 0 Å². The third-order valence-corrected chi connectivity index (χ3v) is 4.17. The number of H-pyrrole nitrogens is 1. The lowest BCUT2D eigenvalue weighted by Gasteiger charge is -2.26. The molecule has 1 unspecified atom stereocenters. The van der Waals surface area contributed by atoms with Gasteiger partial charge in [0.15, 0.2) is 0 Å². The van der Waals surface area contributed by atoms with Crippen molar-refractivity contribution < 1.29 is 0 Å². The van der Waals surface area contributed by atoms with Gasteiger partial charge in [-0.05, 0) is 17.2 Å². The Morgan fingerprint density at radius 3 is 2.55 bits per heavy atom. The zero-order valence-corrected chi connectivity index (χ0v) is 11.7. The lowest BCUT2D eigenvalue weighted by Crippen LogP contribution is -2.34. The summed E-state index contributed by atoms with van der Waals surface area (Å²) in [4.78, 5) is 4.48. The van der Waals surface area contributed by atoms with Gasteiger partial charge in [0, 0.05) is 23.0 Å². The van der Waals surface area contributed by atoms with E-state index in [1.54, 1.807) is 0 Å². The molecule has 3 aromatic rings. The minimum atomic E-state index is 0.125. The summed E-state index contributed by atoms with van der Waals surface area (Å²) >= 11 is 5.46. The summed E-state index contributed by atoms with van der Waals surface area (Å²) in [5.74, 6) is 0. The number of hydrogen-bond donors (Lipinski definition) is 2. The van der Waals surface area contributed by atoms with E-state index in [1.165, 1.54) is 27.7 Å². The fraction of sp³-hybridized carbons (Fsp3) is 0.118. The van der Waals surface area contributed by atoms with Crippen LogP contribution in [0.25, 0.3) is 10.9 Å². The van der Waals surface area contributed by atoms with Crippen LogP contribution < -0.4 is 5.32 Å². The van der Waals surface area contributed by atoms with Crippen molar-refractivity contribution in [1.82, 2.24) is 10.3 Å². The fourth-order valence-electron chi connectivity index (χ4n) is 3.00. The maximum Gasteiger partial charge on any atom is 0.0924 e. The van der Waals surface area contributed by atoms with Gasteiger partial charge in [0.05, 0.1) is 11.0 Å². The summed E-state index contributed by atoms with van der Waals surface area (Å²) in [5, 5.41) is 4.73. The minimum absolute atomic E-state index is 0.125. The number of hydrogen-bond acceptors (Lipinski definition) is 1. The molecule has 1 aliphatic heterocycles. The van der Waals surface area contributed by atoms with Crippen LogP contribution in [0.3, 0.4) is 0 Å². The van der Waals surface area contributed by atoms with E-state index in [1.807, 2.05) is 6.07 Å². The van der Waals surface area contributed by atoms with Crippen molar-refractivity contribution in [3.05, 3.63) is 71.4 Å². The van der Waals surface area contributed by atoms with Gasteiger partial charge in [-0.3, -0.25) is 0 Å². The lowest BCUT2D eigenvalue weighted by molar-refractivity contribution is 0.714. The molecule has 3 heteroatoms. The van der Waals surface area contributed by atoms with Gasteiger partial charge in [0.25, 0.3) is 0 Å². The van der Waals surface area contributed by atoms with E-state index in [2.05, 4.69) is 58.8 Å². The van der Waals surface area contributed by atoms with Crippen LogP contribution in [0.15, 0.2) is 54.6 Å². The average molecular weight is 278 g/mol. The molecule has 4 rings (SSSR count). The van der Waals surface area contributed by atoms with Gasteiger partial charge in [0.1, 0.15) is 0 Å². The van der Waals surface area contributed by atoms with Crippen molar-refractivity contribution in [2.75, 3.05) is 0 Å². The molecule has 0 saturated carbocycles. The molecule has 1 aromatic heterocycles. The second-order valence-electron chi connectivity index (χ2n) is 5.15. The Bertz CT molecular complexity index is 789. The Morgan fingerprint density at radius 2 is 1.70 bits per heavy atom. The Labute approximate surface area is 122 Å². The Kier molecular flexibility index (Phi) is 2.60. The number of aromatic amines is 1. The monoisotopic (exact) mass is 278 g/mol. The number of thiocarbonyl (C=S) groups is 1. The molecule has 0 saturated heterocycles. The van der Waals surface area contributed by atoms with E-state index >= 15 is 0 Å². The molecule has 1 aliphatic rings. The lowest BCUT2D eigenvalue weighted by atomic mass is 9.94. The molecule has 98 valence electrons. The third kappa shape index (κ3) is 1.74.